The second kappa shape index (κ2) is 8.88. The highest BCUT2D eigenvalue weighted by Gasteiger charge is 2.21. The van der Waals surface area contributed by atoms with E-state index in [4.69, 9.17) is 21.1 Å². The molecule has 0 bridgehead atoms. The summed E-state index contributed by atoms with van der Waals surface area (Å²) in [4.78, 5) is 31.2. The first-order valence-electron chi connectivity index (χ1n) is 10.9. The van der Waals surface area contributed by atoms with E-state index in [2.05, 4.69) is 4.98 Å². The minimum absolute atomic E-state index is 0.147. The van der Waals surface area contributed by atoms with Crippen molar-refractivity contribution in [2.24, 2.45) is 0 Å². The monoisotopic (exact) mass is 474 g/mol. The number of hydrogen-bond donors (Lipinski definition) is 1. The number of ether oxygens (including phenoxy) is 2. The van der Waals surface area contributed by atoms with Crippen LogP contribution in [0.25, 0.3) is 10.9 Å². The molecule has 5 rings (SSSR count). The molecule has 1 aliphatic heterocycles. The van der Waals surface area contributed by atoms with Crippen molar-refractivity contribution < 1.29 is 14.3 Å². The van der Waals surface area contributed by atoms with Gasteiger partial charge in [0.05, 0.1) is 12.1 Å². The Morgan fingerprint density at radius 1 is 0.941 bits per heavy atom. The lowest BCUT2D eigenvalue weighted by atomic mass is 10.0. The average Bonchev–Trinajstić information content (AvgIpc) is 3.30. The summed E-state index contributed by atoms with van der Waals surface area (Å²) in [7, 11) is 0. The van der Waals surface area contributed by atoms with Gasteiger partial charge >= 0.3 is 0 Å². The van der Waals surface area contributed by atoms with Gasteiger partial charge in [0.2, 0.25) is 6.79 Å². The van der Waals surface area contributed by atoms with E-state index >= 15 is 0 Å². The van der Waals surface area contributed by atoms with Crippen LogP contribution in [0.1, 0.15) is 32.6 Å². The highest BCUT2D eigenvalue weighted by atomic mass is 35.5. The Bertz CT molecular complexity index is 1460. The molecule has 0 fully saturated rings. The van der Waals surface area contributed by atoms with Crippen LogP contribution in [0, 0.1) is 13.8 Å². The van der Waals surface area contributed by atoms with Crippen LogP contribution in [0.5, 0.6) is 11.5 Å². The van der Waals surface area contributed by atoms with Gasteiger partial charge in [-0.05, 0) is 73.0 Å². The first-order valence-corrected chi connectivity index (χ1v) is 11.3. The number of nitrogens with one attached hydrogen (secondary N) is 1. The molecule has 0 saturated heterocycles. The molecular weight excluding hydrogens is 452 g/mol. The lowest BCUT2D eigenvalue weighted by Crippen LogP contribution is -2.32. The summed E-state index contributed by atoms with van der Waals surface area (Å²) in [6.45, 7) is 4.59. The molecule has 0 aliphatic carbocycles. The lowest BCUT2D eigenvalue weighted by molar-refractivity contribution is 0.0729. The molecule has 0 radical (unpaired) electrons. The van der Waals surface area contributed by atoms with Crippen LogP contribution in [0.4, 0.5) is 0 Å². The van der Waals surface area contributed by atoms with Crippen molar-refractivity contribution in [3.63, 3.8) is 0 Å². The molecule has 3 aromatic carbocycles. The number of hydrogen-bond acceptors (Lipinski definition) is 4. The zero-order valence-corrected chi connectivity index (χ0v) is 19.6. The minimum atomic E-state index is -0.208. The van der Waals surface area contributed by atoms with Gasteiger partial charge in [-0.1, -0.05) is 29.8 Å². The van der Waals surface area contributed by atoms with Crippen LogP contribution < -0.4 is 15.0 Å². The number of nitrogens with zero attached hydrogens (tertiary/aromatic N) is 1. The molecule has 7 heteroatoms. The number of rotatable bonds is 5. The van der Waals surface area contributed by atoms with Crippen molar-refractivity contribution in [1.29, 1.82) is 0 Å². The predicted octanol–water partition coefficient (Wildman–Crippen LogP) is 5.37. The number of fused-ring (bicyclic) bond motifs is 2. The maximum atomic E-state index is 13.5. The highest BCUT2D eigenvalue weighted by molar-refractivity contribution is 6.30. The van der Waals surface area contributed by atoms with Crippen LogP contribution in [0.3, 0.4) is 0 Å². The number of amides is 1. The zero-order valence-electron chi connectivity index (χ0n) is 18.9. The zero-order chi connectivity index (χ0) is 23.8. The second-order valence-corrected chi connectivity index (χ2v) is 8.90. The molecule has 2 heterocycles. The Balaban J connectivity index is 1.53. The number of aromatic amines is 1. The molecule has 34 heavy (non-hydrogen) atoms. The Labute approximate surface area is 201 Å². The Morgan fingerprint density at radius 2 is 1.68 bits per heavy atom. The van der Waals surface area contributed by atoms with Gasteiger partial charge in [-0.15, -0.1) is 0 Å². The van der Waals surface area contributed by atoms with Gasteiger partial charge in [0.1, 0.15) is 0 Å². The van der Waals surface area contributed by atoms with Crippen molar-refractivity contribution in [2.75, 3.05) is 6.79 Å². The summed E-state index contributed by atoms with van der Waals surface area (Å²) in [6, 6.07) is 18.2. The second-order valence-electron chi connectivity index (χ2n) is 8.47. The Morgan fingerprint density at radius 3 is 2.47 bits per heavy atom. The summed E-state index contributed by atoms with van der Waals surface area (Å²) < 4.78 is 10.9. The maximum Gasteiger partial charge on any atom is 0.254 e. The number of carbonyl (C=O) groups is 1. The molecule has 1 aliphatic rings. The van der Waals surface area contributed by atoms with Crippen LogP contribution >= 0.6 is 11.6 Å². The van der Waals surface area contributed by atoms with Gasteiger partial charge in [0.15, 0.2) is 11.5 Å². The number of pyridine rings is 1. The molecule has 4 aromatic rings. The normalized spacial score (nSPS) is 12.2. The van der Waals surface area contributed by atoms with Gasteiger partial charge in [-0.25, -0.2) is 0 Å². The highest BCUT2D eigenvalue weighted by Crippen LogP contribution is 2.33. The first-order chi connectivity index (χ1) is 16.4. The molecule has 0 atom stereocenters. The number of carbonyl (C=O) groups excluding carboxylic acids is 1. The van der Waals surface area contributed by atoms with Gasteiger partial charge in [0.25, 0.3) is 11.5 Å². The number of benzene rings is 3. The van der Waals surface area contributed by atoms with Crippen molar-refractivity contribution in [2.45, 2.75) is 26.9 Å². The van der Waals surface area contributed by atoms with Crippen LogP contribution in [-0.4, -0.2) is 22.6 Å². The summed E-state index contributed by atoms with van der Waals surface area (Å²) in [5, 5.41) is 1.52. The lowest BCUT2D eigenvalue weighted by Gasteiger charge is -2.23. The van der Waals surface area contributed by atoms with Crippen molar-refractivity contribution in [3.05, 3.63) is 104 Å². The van der Waals surface area contributed by atoms with E-state index in [-0.39, 0.29) is 24.8 Å². The average molecular weight is 475 g/mol. The number of halogens is 1. The molecule has 172 valence electrons. The van der Waals surface area contributed by atoms with E-state index in [0.717, 1.165) is 27.6 Å². The van der Waals surface area contributed by atoms with Gasteiger partial charge in [0, 0.05) is 28.1 Å². The smallest absolute Gasteiger partial charge is 0.254 e. The van der Waals surface area contributed by atoms with E-state index < -0.39 is 0 Å². The first kappa shape index (κ1) is 22.0. The third kappa shape index (κ3) is 4.24. The van der Waals surface area contributed by atoms with Crippen LogP contribution in [-0.2, 0) is 13.1 Å². The maximum absolute atomic E-state index is 13.5. The third-order valence-corrected chi connectivity index (χ3v) is 6.32. The number of H-pyrrole nitrogens is 1. The van der Waals surface area contributed by atoms with E-state index in [9.17, 15) is 9.59 Å². The minimum Gasteiger partial charge on any atom is -0.454 e. The largest absolute Gasteiger partial charge is 0.454 e. The van der Waals surface area contributed by atoms with Gasteiger partial charge < -0.3 is 19.4 Å². The summed E-state index contributed by atoms with van der Waals surface area (Å²) in [5.74, 6) is 1.12. The standard InChI is InChI=1S/C27H23ClN2O4/c1-16-3-4-17(2)25-22(16)12-20(26(31)29-25)14-30(27(32)19-6-8-21(28)9-7-19)13-18-5-10-23-24(11-18)34-15-33-23/h3-12H,13-15H2,1-2H3,(H,29,31). The van der Waals surface area contributed by atoms with Crippen molar-refractivity contribution >= 4 is 28.4 Å². The topological polar surface area (TPSA) is 71.6 Å². The third-order valence-electron chi connectivity index (χ3n) is 6.07. The fourth-order valence-corrected chi connectivity index (χ4v) is 4.30. The summed E-state index contributed by atoms with van der Waals surface area (Å²) in [6.07, 6.45) is 0. The number of aryl methyl sites for hydroxylation is 2. The van der Waals surface area contributed by atoms with Crippen molar-refractivity contribution in [3.8, 4) is 11.5 Å². The van der Waals surface area contributed by atoms with Crippen LogP contribution in [0.2, 0.25) is 5.02 Å². The van der Waals surface area contributed by atoms with E-state index in [1.54, 1.807) is 29.2 Å². The quantitative estimate of drug-likeness (QED) is 0.422. The molecular formula is C27H23ClN2O4. The molecule has 0 saturated carbocycles. The molecule has 1 amide bonds. The Hall–Kier alpha value is -3.77. The van der Waals surface area contributed by atoms with Gasteiger partial charge in [-0.3, -0.25) is 9.59 Å². The van der Waals surface area contributed by atoms with E-state index in [1.165, 1.54) is 0 Å². The summed E-state index contributed by atoms with van der Waals surface area (Å²) in [5.41, 5.74) is 4.55. The van der Waals surface area contributed by atoms with Gasteiger partial charge in [-0.2, -0.15) is 0 Å². The van der Waals surface area contributed by atoms with E-state index in [0.29, 0.717) is 34.2 Å². The fraction of sp³-hybridized carbons (Fsp3) is 0.185. The molecule has 1 aromatic heterocycles. The molecule has 6 nitrogen and oxygen atoms in total. The molecule has 0 spiro atoms. The SMILES string of the molecule is Cc1ccc(C)c2[nH]c(=O)c(CN(Cc3ccc4c(c3)OCO4)C(=O)c3ccc(Cl)cc3)cc12. The fourth-order valence-electron chi connectivity index (χ4n) is 4.18. The van der Waals surface area contributed by atoms with Crippen molar-refractivity contribution in [1.82, 2.24) is 9.88 Å². The predicted molar refractivity (Wildman–Crippen MR) is 132 cm³/mol. The molecule has 0 unspecified atom stereocenters. The number of aromatic nitrogens is 1. The Kier molecular flexibility index (Phi) is 5.75. The van der Waals surface area contributed by atoms with Crippen LogP contribution in [0.15, 0.2) is 65.5 Å². The molecule has 1 N–H and O–H groups in total. The van der Waals surface area contributed by atoms with E-state index in [1.807, 2.05) is 50.2 Å². The summed E-state index contributed by atoms with van der Waals surface area (Å²) >= 11 is 6.02.